The van der Waals surface area contributed by atoms with Crippen molar-refractivity contribution in [3.05, 3.63) is 35.6 Å². The molecule has 1 saturated heterocycles. The van der Waals surface area contributed by atoms with Crippen LogP contribution in [0, 0.1) is 23.6 Å². The monoisotopic (exact) mass is 520 g/mol. The van der Waals surface area contributed by atoms with Gasteiger partial charge in [0.05, 0.1) is 0 Å². The second-order valence-corrected chi connectivity index (χ2v) is 11.8. The summed E-state index contributed by atoms with van der Waals surface area (Å²) in [5, 5.41) is 2.61. The predicted octanol–water partition coefficient (Wildman–Crippen LogP) is 7.65. The minimum atomic E-state index is -1.15. The molecule has 1 amide bonds. The smallest absolute Gasteiger partial charge is 0.407 e. The normalized spacial score (nSPS) is 25.3. The molecule has 37 heavy (non-hydrogen) atoms. The van der Waals surface area contributed by atoms with Gasteiger partial charge in [0.2, 0.25) is 0 Å². The summed E-state index contributed by atoms with van der Waals surface area (Å²) < 4.78 is 36.4. The summed E-state index contributed by atoms with van der Waals surface area (Å²) in [5.41, 5.74) is -0.384. The van der Waals surface area contributed by atoms with E-state index in [9.17, 15) is 9.18 Å². The molecule has 2 unspecified atom stereocenters. The number of amides is 1. The predicted molar refractivity (Wildman–Crippen MR) is 147 cm³/mol. The van der Waals surface area contributed by atoms with E-state index in [0.29, 0.717) is 31.2 Å². The number of alkyl carbamates (subject to hydrolysis) is 1. The molecule has 3 rings (SSSR count). The molecule has 210 valence electrons. The third kappa shape index (κ3) is 7.04. The van der Waals surface area contributed by atoms with E-state index in [1.165, 1.54) is 6.07 Å². The van der Waals surface area contributed by atoms with Crippen LogP contribution in [0.1, 0.15) is 97.5 Å². The van der Waals surface area contributed by atoms with Gasteiger partial charge in [0.25, 0.3) is 0 Å². The first-order chi connectivity index (χ1) is 17.7. The zero-order valence-electron chi connectivity index (χ0n) is 23.8. The minimum absolute atomic E-state index is 0.143. The van der Waals surface area contributed by atoms with E-state index in [0.717, 1.165) is 70.0 Å². The van der Waals surface area contributed by atoms with Gasteiger partial charge in [-0.05, 0) is 94.0 Å². The van der Waals surface area contributed by atoms with Crippen LogP contribution in [-0.4, -0.2) is 49.4 Å². The number of piperidine rings is 1. The molecule has 2 fully saturated rings. The molecular weight excluding hydrogens is 470 g/mol. The lowest BCUT2D eigenvalue weighted by atomic mass is 9.56. The van der Waals surface area contributed by atoms with Crippen molar-refractivity contribution in [1.29, 1.82) is 0 Å². The molecule has 0 aromatic heterocycles. The molecule has 1 aliphatic heterocycles. The Labute approximate surface area is 223 Å². The van der Waals surface area contributed by atoms with Crippen molar-refractivity contribution in [3.63, 3.8) is 0 Å². The van der Waals surface area contributed by atoms with Crippen LogP contribution in [0.4, 0.5) is 13.6 Å². The van der Waals surface area contributed by atoms with Gasteiger partial charge >= 0.3 is 6.09 Å². The van der Waals surface area contributed by atoms with Gasteiger partial charge < -0.3 is 15.0 Å². The Kier molecular flexibility index (Phi) is 10.8. The fourth-order valence-corrected chi connectivity index (χ4v) is 7.43. The van der Waals surface area contributed by atoms with E-state index in [1.807, 2.05) is 13.0 Å². The van der Waals surface area contributed by atoms with Crippen LogP contribution in [0.5, 0.6) is 0 Å². The van der Waals surface area contributed by atoms with Crippen molar-refractivity contribution >= 4 is 6.09 Å². The number of alkyl halides is 1. The third-order valence-electron chi connectivity index (χ3n) is 9.47. The largest absolute Gasteiger partial charge is 0.446 e. The van der Waals surface area contributed by atoms with Crippen molar-refractivity contribution in [1.82, 2.24) is 10.2 Å². The highest BCUT2D eigenvalue weighted by molar-refractivity contribution is 5.67. The molecule has 1 N–H and O–H groups in total. The average molecular weight is 521 g/mol. The fraction of sp³-hybridized carbons (Fsp3) is 0.774. The van der Waals surface area contributed by atoms with Crippen molar-refractivity contribution in [2.24, 2.45) is 17.8 Å². The van der Waals surface area contributed by atoms with Crippen molar-refractivity contribution in [3.8, 4) is 0 Å². The minimum Gasteiger partial charge on any atom is -0.446 e. The topological polar surface area (TPSA) is 41.6 Å². The molecule has 1 saturated carbocycles. The first-order valence-electron chi connectivity index (χ1n) is 14.8. The van der Waals surface area contributed by atoms with E-state index in [4.69, 9.17) is 4.74 Å². The second kappa shape index (κ2) is 13.4. The van der Waals surface area contributed by atoms with E-state index in [2.05, 4.69) is 37.1 Å². The zero-order chi connectivity index (χ0) is 27.1. The van der Waals surface area contributed by atoms with E-state index in [1.54, 1.807) is 13.1 Å². The maximum absolute atomic E-state index is 15.8. The van der Waals surface area contributed by atoms with Crippen molar-refractivity contribution in [2.45, 2.75) is 109 Å². The number of hydrogen-bond donors (Lipinski definition) is 1. The van der Waals surface area contributed by atoms with Gasteiger partial charge in [0.15, 0.2) is 0 Å². The molecule has 0 spiro atoms. The first-order valence-corrected chi connectivity index (χ1v) is 14.8. The van der Waals surface area contributed by atoms with Crippen molar-refractivity contribution < 1.29 is 18.3 Å². The number of carbonyl (C=O) groups is 1. The summed E-state index contributed by atoms with van der Waals surface area (Å²) in [6.45, 7) is 10.6. The van der Waals surface area contributed by atoms with Gasteiger partial charge in [-0.15, -0.1) is 0 Å². The van der Waals surface area contributed by atoms with Gasteiger partial charge in [-0.3, -0.25) is 0 Å². The third-order valence-corrected chi connectivity index (χ3v) is 9.47. The standard InChI is InChI=1S/C31H50F2N2O2/c1-6-17-31(25-11-9-12-26(32)20-25,27-13-10-14-28(27)37-29(36)34-5)24-15-18-35(19-16-24)22-30(33,8-3)21-23(4)7-2/h9,11-12,20,23-24,27-28H,6-8,10,13-19,21-22H2,1-5H3,(H,34,36)/t23?,27-,28-,30?,31-/m0/s1. The summed E-state index contributed by atoms with van der Waals surface area (Å²) in [7, 11) is 1.59. The van der Waals surface area contributed by atoms with Crippen LogP contribution in [0.2, 0.25) is 0 Å². The Hall–Kier alpha value is -1.69. The summed E-state index contributed by atoms with van der Waals surface area (Å²) in [4.78, 5) is 14.5. The van der Waals surface area contributed by atoms with E-state index >= 15 is 4.39 Å². The summed E-state index contributed by atoms with van der Waals surface area (Å²) in [6.07, 6.45) is 8.19. The molecule has 5 atom stereocenters. The number of halogens is 2. The number of nitrogens with zero attached hydrogens (tertiary/aromatic N) is 1. The molecule has 4 nitrogen and oxygen atoms in total. The number of ether oxygens (including phenoxy) is 1. The second-order valence-electron chi connectivity index (χ2n) is 11.8. The maximum Gasteiger partial charge on any atom is 0.407 e. The highest BCUT2D eigenvalue weighted by Crippen LogP contribution is 2.54. The zero-order valence-corrected chi connectivity index (χ0v) is 23.8. The molecule has 6 heteroatoms. The molecule has 1 aliphatic carbocycles. The Balaban J connectivity index is 1.88. The van der Waals surface area contributed by atoms with Crippen molar-refractivity contribution in [2.75, 3.05) is 26.7 Å². The van der Waals surface area contributed by atoms with Crippen LogP contribution in [0.3, 0.4) is 0 Å². The van der Waals surface area contributed by atoms with Crippen LogP contribution in [0.25, 0.3) is 0 Å². The lowest BCUT2D eigenvalue weighted by Gasteiger charge is -2.51. The van der Waals surface area contributed by atoms with Gasteiger partial charge in [0.1, 0.15) is 17.6 Å². The number of rotatable bonds is 12. The quantitative estimate of drug-likeness (QED) is 0.308. The Morgan fingerprint density at radius 1 is 1.19 bits per heavy atom. The average Bonchev–Trinajstić information content (AvgIpc) is 3.35. The molecule has 0 bridgehead atoms. The van der Waals surface area contributed by atoms with E-state index < -0.39 is 11.8 Å². The number of benzene rings is 1. The molecule has 1 heterocycles. The van der Waals surface area contributed by atoms with Crippen LogP contribution < -0.4 is 5.32 Å². The Morgan fingerprint density at radius 3 is 2.51 bits per heavy atom. The number of likely N-dealkylation sites (tertiary alicyclic amines) is 1. The maximum atomic E-state index is 15.8. The van der Waals surface area contributed by atoms with Gasteiger partial charge in [-0.1, -0.05) is 52.7 Å². The van der Waals surface area contributed by atoms with Gasteiger partial charge in [-0.2, -0.15) is 0 Å². The molecule has 0 radical (unpaired) electrons. The van der Waals surface area contributed by atoms with E-state index in [-0.39, 0.29) is 23.3 Å². The van der Waals surface area contributed by atoms with Gasteiger partial charge in [0, 0.05) is 24.9 Å². The highest BCUT2D eigenvalue weighted by Gasteiger charge is 2.52. The molecule has 1 aromatic rings. The Bertz CT molecular complexity index is 859. The van der Waals surface area contributed by atoms with Crippen LogP contribution in [-0.2, 0) is 10.2 Å². The summed E-state index contributed by atoms with van der Waals surface area (Å²) in [5.74, 6) is 0.638. The number of hydrogen-bond acceptors (Lipinski definition) is 3. The molecule has 1 aromatic carbocycles. The van der Waals surface area contributed by atoms with Crippen LogP contribution in [0.15, 0.2) is 24.3 Å². The summed E-state index contributed by atoms with van der Waals surface area (Å²) in [6, 6.07) is 7.13. The lowest BCUT2D eigenvalue weighted by molar-refractivity contribution is -0.00366. The van der Waals surface area contributed by atoms with Crippen LogP contribution >= 0.6 is 0 Å². The molecule has 2 aliphatic rings. The lowest BCUT2D eigenvalue weighted by Crippen LogP contribution is -2.52. The first kappa shape index (κ1) is 29.9. The number of nitrogens with one attached hydrogen (secondary N) is 1. The SMILES string of the molecule is CCC[C@@](c1cccc(F)c1)(C1CCN(CC(F)(CC)CC(C)CC)CC1)[C@H]1CCC[C@@H]1OC(=O)NC. The Morgan fingerprint density at radius 2 is 1.92 bits per heavy atom. The van der Waals surface area contributed by atoms with Gasteiger partial charge in [-0.25, -0.2) is 13.6 Å². The molecular formula is C31H50F2N2O2. The number of carbonyl (C=O) groups excluding carboxylic acids is 1. The highest BCUT2D eigenvalue weighted by atomic mass is 19.1. The summed E-state index contributed by atoms with van der Waals surface area (Å²) >= 11 is 0. The fourth-order valence-electron chi connectivity index (χ4n) is 7.43.